The molecule has 0 aliphatic carbocycles. The zero-order valence-electron chi connectivity index (χ0n) is 25.0. The molecule has 6 rings (SSSR count). The van der Waals surface area contributed by atoms with Crippen molar-refractivity contribution >= 4 is 17.3 Å². The molecule has 0 saturated carbocycles. The highest BCUT2D eigenvalue weighted by Gasteiger charge is 2.12. The summed E-state index contributed by atoms with van der Waals surface area (Å²) in [6.45, 7) is 6.93. The van der Waals surface area contributed by atoms with Crippen molar-refractivity contribution in [3.05, 3.63) is 96.6 Å². The van der Waals surface area contributed by atoms with Gasteiger partial charge in [-0.2, -0.15) is 5.26 Å². The van der Waals surface area contributed by atoms with E-state index < -0.39 is 0 Å². The Bertz CT molecular complexity index is 1510. The summed E-state index contributed by atoms with van der Waals surface area (Å²) < 4.78 is 15.4. The van der Waals surface area contributed by atoms with Crippen LogP contribution in [0.4, 0.5) is 11.4 Å². The monoisotopic (exact) mass is 591 g/mol. The zero-order valence-corrected chi connectivity index (χ0v) is 25.0. The number of methoxy groups -OCH3 is 1. The van der Waals surface area contributed by atoms with Gasteiger partial charge >= 0.3 is 5.97 Å². The van der Waals surface area contributed by atoms with Crippen molar-refractivity contribution in [1.29, 1.82) is 5.26 Å². The fourth-order valence-corrected chi connectivity index (χ4v) is 5.07. The lowest BCUT2D eigenvalue weighted by atomic mass is 10.1. The number of morpholine rings is 2. The predicted molar refractivity (Wildman–Crippen MR) is 170 cm³/mol. The minimum atomic E-state index is -0.278. The molecule has 0 amide bonds. The summed E-state index contributed by atoms with van der Waals surface area (Å²) >= 11 is 0. The van der Waals surface area contributed by atoms with E-state index in [1.165, 1.54) is 18.5 Å². The molecule has 44 heavy (non-hydrogen) atoms. The van der Waals surface area contributed by atoms with Crippen LogP contribution in [0.5, 0.6) is 0 Å². The first-order valence-corrected chi connectivity index (χ1v) is 14.8. The van der Waals surface area contributed by atoms with E-state index >= 15 is 0 Å². The Hall–Kier alpha value is -4.78. The van der Waals surface area contributed by atoms with Gasteiger partial charge in [-0.15, -0.1) is 0 Å². The molecule has 9 nitrogen and oxygen atoms in total. The molecule has 2 saturated heterocycles. The van der Waals surface area contributed by atoms with Crippen LogP contribution in [0.2, 0.25) is 0 Å². The number of nitriles is 1. The van der Waals surface area contributed by atoms with Crippen molar-refractivity contribution < 1.29 is 19.0 Å². The van der Waals surface area contributed by atoms with Crippen LogP contribution in [0.3, 0.4) is 0 Å². The highest BCUT2D eigenvalue weighted by atomic mass is 16.5. The van der Waals surface area contributed by atoms with Gasteiger partial charge in [0.05, 0.1) is 63.8 Å². The van der Waals surface area contributed by atoms with Gasteiger partial charge in [0.1, 0.15) is 0 Å². The normalized spacial score (nSPS) is 14.6. The zero-order chi connectivity index (χ0) is 30.6. The average Bonchev–Trinajstić information content (AvgIpc) is 3.10. The van der Waals surface area contributed by atoms with E-state index in [9.17, 15) is 4.79 Å². The third kappa shape index (κ3) is 8.40. The standard InChI is InChI=1S/C18H20N2O3.C17H17N3O/c1-22-18(21)12-16-5-2-15(13-19-16)14-3-6-17(7-4-14)20-8-10-23-11-9-20;18-8-7-16-4-1-15(13-19-16)14-2-5-17(6-3-14)20-9-11-21-12-10-20/h2-7,13H,8-12H2,1H3;1-6,13H,7,9-12H2. The molecule has 2 aliphatic rings. The Morgan fingerprint density at radius 1 is 0.705 bits per heavy atom. The Labute approximate surface area is 258 Å². The number of anilines is 2. The summed E-state index contributed by atoms with van der Waals surface area (Å²) in [4.78, 5) is 24.5. The van der Waals surface area contributed by atoms with E-state index in [2.05, 4.69) is 79.1 Å². The summed E-state index contributed by atoms with van der Waals surface area (Å²) in [5.41, 5.74) is 8.33. The van der Waals surface area contributed by atoms with Gasteiger partial charge in [0.15, 0.2) is 0 Å². The van der Waals surface area contributed by atoms with Crippen molar-refractivity contribution in [3.8, 4) is 28.3 Å². The van der Waals surface area contributed by atoms with E-state index in [-0.39, 0.29) is 12.4 Å². The number of hydrogen-bond acceptors (Lipinski definition) is 9. The molecular weight excluding hydrogens is 554 g/mol. The number of benzene rings is 2. The van der Waals surface area contributed by atoms with Crippen molar-refractivity contribution in [3.63, 3.8) is 0 Å². The second kappa shape index (κ2) is 15.6. The van der Waals surface area contributed by atoms with Gasteiger partial charge in [-0.1, -0.05) is 36.4 Å². The molecule has 9 heteroatoms. The molecule has 4 aromatic rings. The molecule has 2 aliphatic heterocycles. The lowest BCUT2D eigenvalue weighted by Gasteiger charge is -2.28. The highest BCUT2D eigenvalue weighted by Crippen LogP contribution is 2.25. The lowest BCUT2D eigenvalue weighted by molar-refractivity contribution is -0.139. The van der Waals surface area contributed by atoms with E-state index in [0.29, 0.717) is 12.1 Å². The van der Waals surface area contributed by atoms with Crippen LogP contribution in [0, 0.1) is 11.3 Å². The predicted octanol–water partition coefficient (Wildman–Crippen LogP) is 4.95. The molecule has 0 bridgehead atoms. The third-order valence-electron chi connectivity index (χ3n) is 7.62. The minimum Gasteiger partial charge on any atom is -0.469 e. The highest BCUT2D eigenvalue weighted by molar-refractivity contribution is 5.72. The maximum absolute atomic E-state index is 11.2. The molecule has 0 atom stereocenters. The van der Waals surface area contributed by atoms with Crippen LogP contribution in [-0.4, -0.2) is 75.7 Å². The number of esters is 1. The van der Waals surface area contributed by atoms with Crippen molar-refractivity contribution in [1.82, 2.24) is 9.97 Å². The Balaban J connectivity index is 0.000000175. The van der Waals surface area contributed by atoms with Crippen LogP contribution in [-0.2, 0) is 31.8 Å². The van der Waals surface area contributed by atoms with Gasteiger partial charge < -0.3 is 24.0 Å². The maximum Gasteiger partial charge on any atom is 0.311 e. The molecular formula is C35H37N5O4. The number of nitrogens with zero attached hydrogens (tertiary/aromatic N) is 5. The topological polar surface area (TPSA) is 101 Å². The molecule has 0 unspecified atom stereocenters. The first kappa shape index (κ1) is 30.7. The minimum absolute atomic E-state index is 0.201. The fraction of sp³-hybridized carbons (Fsp3) is 0.314. The quantitative estimate of drug-likeness (QED) is 0.276. The summed E-state index contributed by atoms with van der Waals surface area (Å²) in [5, 5.41) is 8.66. The summed E-state index contributed by atoms with van der Waals surface area (Å²) in [6, 6.07) is 26.9. The van der Waals surface area contributed by atoms with Gasteiger partial charge in [-0.05, 0) is 47.5 Å². The molecule has 4 heterocycles. The molecule has 0 N–H and O–H groups in total. The Morgan fingerprint density at radius 2 is 1.14 bits per heavy atom. The van der Waals surface area contributed by atoms with Gasteiger partial charge in [-0.3, -0.25) is 14.8 Å². The van der Waals surface area contributed by atoms with Crippen molar-refractivity contribution in [2.24, 2.45) is 0 Å². The molecule has 2 aromatic heterocycles. The average molecular weight is 592 g/mol. The smallest absolute Gasteiger partial charge is 0.311 e. The maximum atomic E-state index is 11.2. The second-order valence-corrected chi connectivity index (χ2v) is 10.5. The number of rotatable bonds is 7. The number of carbonyl (C=O) groups is 1. The summed E-state index contributed by atoms with van der Waals surface area (Å²) in [7, 11) is 1.38. The molecule has 2 fully saturated rings. The van der Waals surface area contributed by atoms with Crippen molar-refractivity contribution in [2.75, 3.05) is 69.5 Å². The van der Waals surface area contributed by atoms with Crippen LogP contribution in [0.25, 0.3) is 22.3 Å². The van der Waals surface area contributed by atoms with Crippen LogP contribution < -0.4 is 9.80 Å². The van der Waals surface area contributed by atoms with Gasteiger partial charge in [0.25, 0.3) is 0 Å². The van der Waals surface area contributed by atoms with E-state index in [1.807, 2.05) is 30.5 Å². The summed E-state index contributed by atoms with van der Waals surface area (Å²) in [5.74, 6) is -0.278. The number of hydrogen-bond donors (Lipinski definition) is 0. The Morgan fingerprint density at radius 3 is 1.52 bits per heavy atom. The molecule has 2 aromatic carbocycles. The largest absolute Gasteiger partial charge is 0.469 e. The fourth-order valence-electron chi connectivity index (χ4n) is 5.07. The SMILES string of the molecule is COC(=O)Cc1ccc(-c2ccc(N3CCOCC3)cc2)cn1.N#CCc1ccc(-c2ccc(N3CCOCC3)cc2)cn1. The number of pyridine rings is 2. The number of carbonyl (C=O) groups excluding carboxylic acids is 1. The molecule has 0 radical (unpaired) electrons. The van der Waals surface area contributed by atoms with Gasteiger partial charge in [0.2, 0.25) is 0 Å². The Kier molecular flexibility index (Phi) is 10.9. The van der Waals surface area contributed by atoms with Gasteiger partial charge in [-0.25, -0.2) is 0 Å². The first-order chi connectivity index (χ1) is 21.6. The molecule has 226 valence electrons. The third-order valence-corrected chi connectivity index (χ3v) is 7.62. The lowest BCUT2D eigenvalue weighted by Crippen LogP contribution is -2.36. The van der Waals surface area contributed by atoms with E-state index in [1.54, 1.807) is 6.20 Å². The second-order valence-electron chi connectivity index (χ2n) is 10.5. The van der Waals surface area contributed by atoms with Crippen molar-refractivity contribution in [2.45, 2.75) is 12.8 Å². The van der Waals surface area contributed by atoms with Crippen LogP contribution in [0.1, 0.15) is 11.4 Å². The van der Waals surface area contributed by atoms with Crippen LogP contribution >= 0.6 is 0 Å². The van der Waals surface area contributed by atoms with E-state index in [0.717, 1.165) is 80.6 Å². The molecule has 0 spiro atoms. The number of ether oxygens (including phenoxy) is 3. The van der Waals surface area contributed by atoms with E-state index in [4.69, 9.17) is 14.7 Å². The van der Waals surface area contributed by atoms with Crippen LogP contribution in [0.15, 0.2) is 85.2 Å². The summed E-state index contributed by atoms with van der Waals surface area (Å²) in [6.07, 6.45) is 4.18. The number of aromatic nitrogens is 2. The first-order valence-electron chi connectivity index (χ1n) is 14.8. The van der Waals surface area contributed by atoms with Gasteiger partial charge in [0, 0.05) is 61.1 Å².